The molecule has 1 aliphatic heterocycles. The van der Waals surface area contributed by atoms with Crippen molar-refractivity contribution in [1.29, 1.82) is 0 Å². The van der Waals surface area contributed by atoms with Crippen molar-refractivity contribution >= 4 is 17.2 Å². The van der Waals surface area contributed by atoms with Crippen LogP contribution in [0, 0.1) is 0 Å². The van der Waals surface area contributed by atoms with E-state index in [0.717, 1.165) is 54.8 Å². The highest BCUT2D eigenvalue weighted by Crippen LogP contribution is 2.21. The third kappa shape index (κ3) is 5.47. The fourth-order valence-electron chi connectivity index (χ4n) is 3.30. The van der Waals surface area contributed by atoms with Gasteiger partial charge in [0.05, 0.1) is 31.0 Å². The molecule has 0 radical (unpaired) electrons. The lowest BCUT2D eigenvalue weighted by atomic mass is 10.1. The Balaban J connectivity index is 1.32. The fourth-order valence-corrected chi connectivity index (χ4v) is 4.10. The van der Waals surface area contributed by atoms with E-state index < -0.39 is 0 Å². The summed E-state index contributed by atoms with van der Waals surface area (Å²) in [7, 11) is 0. The maximum Gasteiger partial charge on any atom is 0.226 e. The minimum Gasteiger partial charge on any atom is -0.379 e. The number of carbonyl (C=O) groups excluding carboxylic acids is 1. The van der Waals surface area contributed by atoms with Gasteiger partial charge in [-0.05, 0) is 23.3 Å². The number of hydrogen-bond donors (Lipinski definition) is 1. The molecule has 7 heteroatoms. The first-order valence-corrected chi connectivity index (χ1v) is 10.7. The molecule has 0 atom stereocenters. The number of nitrogens with zero attached hydrogens (tertiary/aromatic N) is 3. The minimum atomic E-state index is -0.0240. The van der Waals surface area contributed by atoms with Crippen LogP contribution in [-0.2, 0) is 29.0 Å². The summed E-state index contributed by atoms with van der Waals surface area (Å²) in [6, 6.07) is 14.0. The molecule has 3 aromatic rings. The van der Waals surface area contributed by atoms with Crippen LogP contribution in [0.1, 0.15) is 16.8 Å². The number of aromatic nitrogens is 2. The molecule has 1 amide bonds. The van der Waals surface area contributed by atoms with Crippen LogP contribution in [0.3, 0.4) is 0 Å². The molecular formula is C22H24N4O2S. The number of nitrogens with one attached hydrogen (secondary N) is 1. The summed E-state index contributed by atoms with van der Waals surface area (Å²) >= 11 is 1.51. The Hall–Kier alpha value is -2.61. The van der Waals surface area contributed by atoms with Gasteiger partial charge in [0.15, 0.2) is 0 Å². The van der Waals surface area contributed by atoms with Crippen LogP contribution in [0.25, 0.3) is 10.7 Å². The molecule has 150 valence electrons. The monoisotopic (exact) mass is 408 g/mol. The summed E-state index contributed by atoms with van der Waals surface area (Å²) in [5, 5.41) is 5.80. The van der Waals surface area contributed by atoms with Gasteiger partial charge in [-0.3, -0.25) is 14.7 Å². The summed E-state index contributed by atoms with van der Waals surface area (Å²) in [6.07, 6.45) is 2.02. The van der Waals surface area contributed by atoms with Crippen molar-refractivity contribution in [3.8, 4) is 10.7 Å². The smallest absolute Gasteiger partial charge is 0.226 e. The number of carbonyl (C=O) groups is 1. The third-order valence-electron chi connectivity index (χ3n) is 4.87. The predicted molar refractivity (Wildman–Crippen MR) is 113 cm³/mol. The van der Waals surface area contributed by atoms with Crippen molar-refractivity contribution in [2.75, 3.05) is 26.3 Å². The molecule has 1 aliphatic rings. The van der Waals surface area contributed by atoms with Gasteiger partial charge in [-0.2, -0.15) is 0 Å². The van der Waals surface area contributed by atoms with Crippen molar-refractivity contribution < 1.29 is 9.53 Å². The molecule has 1 fully saturated rings. The second-order valence-electron chi connectivity index (χ2n) is 6.97. The Kier molecular flexibility index (Phi) is 6.61. The molecule has 0 aliphatic carbocycles. The van der Waals surface area contributed by atoms with Crippen LogP contribution >= 0.6 is 11.3 Å². The number of ether oxygens (including phenoxy) is 1. The molecule has 1 saturated heterocycles. The zero-order chi connectivity index (χ0) is 19.9. The van der Waals surface area contributed by atoms with Gasteiger partial charge in [-0.1, -0.05) is 30.3 Å². The van der Waals surface area contributed by atoms with E-state index in [1.54, 1.807) is 6.20 Å². The molecular weight excluding hydrogens is 384 g/mol. The predicted octanol–water partition coefficient (Wildman–Crippen LogP) is 2.90. The van der Waals surface area contributed by atoms with Gasteiger partial charge in [0.1, 0.15) is 5.01 Å². The van der Waals surface area contributed by atoms with Crippen molar-refractivity contribution in [3.63, 3.8) is 0 Å². The average molecular weight is 409 g/mol. The number of morpholine rings is 1. The number of amides is 1. The van der Waals surface area contributed by atoms with E-state index in [1.807, 2.05) is 29.6 Å². The van der Waals surface area contributed by atoms with Gasteiger partial charge in [-0.15, -0.1) is 11.3 Å². The lowest BCUT2D eigenvalue weighted by molar-refractivity contribution is -0.120. The van der Waals surface area contributed by atoms with E-state index in [0.29, 0.717) is 6.54 Å². The highest BCUT2D eigenvalue weighted by molar-refractivity contribution is 7.13. The molecule has 1 N–H and O–H groups in total. The number of rotatable bonds is 7. The summed E-state index contributed by atoms with van der Waals surface area (Å²) in [5.41, 5.74) is 4.01. The van der Waals surface area contributed by atoms with E-state index in [4.69, 9.17) is 4.74 Å². The van der Waals surface area contributed by atoms with E-state index in [-0.39, 0.29) is 12.3 Å². The maximum atomic E-state index is 12.4. The van der Waals surface area contributed by atoms with Gasteiger partial charge in [0, 0.05) is 37.8 Å². The van der Waals surface area contributed by atoms with Gasteiger partial charge in [0.2, 0.25) is 5.91 Å². The topological polar surface area (TPSA) is 67.4 Å². The van der Waals surface area contributed by atoms with Gasteiger partial charge in [-0.25, -0.2) is 4.98 Å². The lowest BCUT2D eigenvalue weighted by Gasteiger charge is -2.27. The molecule has 0 saturated carbocycles. The largest absolute Gasteiger partial charge is 0.379 e. The standard InChI is InChI=1S/C22H24N4O2S/c27-21(13-19-16-29-22(25-19)20-7-3-4-8-23-20)24-14-17-5-1-2-6-18(17)15-26-9-11-28-12-10-26/h1-8,16H,9-15H2,(H,24,27). The first kappa shape index (κ1) is 19.7. The maximum absolute atomic E-state index is 12.4. The number of thiazole rings is 1. The quantitative estimate of drug-likeness (QED) is 0.651. The molecule has 0 bridgehead atoms. The summed E-state index contributed by atoms with van der Waals surface area (Å²) in [5.74, 6) is -0.0240. The highest BCUT2D eigenvalue weighted by Gasteiger charge is 2.14. The van der Waals surface area contributed by atoms with Gasteiger partial charge < -0.3 is 10.1 Å². The summed E-state index contributed by atoms with van der Waals surface area (Å²) in [4.78, 5) is 23.7. The van der Waals surface area contributed by atoms with E-state index in [2.05, 4.69) is 38.4 Å². The van der Waals surface area contributed by atoms with Crippen LogP contribution < -0.4 is 5.32 Å². The second kappa shape index (κ2) is 9.73. The number of pyridine rings is 1. The molecule has 0 spiro atoms. The summed E-state index contributed by atoms with van der Waals surface area (Å²) < 4.78 is 5.43. The Labute approximate surface area is 174 Å². The first-order chi connectivity index (χ1) is 14.3. The van der Waals surface area contributed by atoms with E-state index >= 15 is 0 Å². The van der Waals surface area contributed by atoms with Crippen molar-refractivity contribution in [2.45, 2.75) is 19.5 Å². The zero-order valence-electron chi connectivity index (χ0n) is 16.2. The molecule has 1 aromatic carbocycles. The molecule has 2 aromatic heterocycles. The van der Waals surface area contributed by atoms with Crippen molar-refractivity contribution in [2.24, 2.45) is 0 Å². The summed E-state index contributed by atoms with van der Waals surface area (Å²) in [6.45, 7) is 4.87. The number of hydrogen-bond acceptors (Lipinski definition) is 6. The lowest BCUT2D eigenvalue weighted by Crippen LogP contribution is -2.36. The molecule has 0 unspecified atom stereocenters. The fraction of sp³-hybridized carbons (Fsp3) is 0.318. The van der Waals surface area contributed by atoms with E-state index in [9.17, 15) is 4.79 Å². The Bertz CT molecular complexity index is 939. The van der Waals surface area contributed by atoms with Gasteiger partial charge in [0.25, 0.3) is 0 Å². The SMILES string of the molecule is O=C(Cc1csc(-c2ccccn2)n1)NCc1ccccc1CN1CCOCC1. The Morgan fingerprint density at radius 1 is 1.10 bits per heavy atom. The Morgan fingerprint density at radius 2 is 1.90 bits per heavy atom. The molecule has 4 rings (SSSR count). The van der Waals surface area contributed by atoms with Crippen molar-refractivity contribution in [3.05, 3.63) is 70.9 Å². The minimum absolute atomic E-state index is 0.0240. The van der Waals surface area contributed by atoms with Crippen LogP contribution in [0.5, 0.6) is 0 Å². The van der Waals surface area contributed by atoms with E-state index in [1.165, 1.54) is 16.9 Å². The van der Waals surface area contributed by atoms with Crippen molar-refractivity contribution in [1.82, 2.24) is 20.2 Å². The average Bonchev–Trinajstić information content (AvgIpc) is 3.23. The highest BCUT2D eigenvalue weighted by atomic mass is 32.1. The zero-order valence-corrected chi connectivity index (χ0v) is 17.0. The van der Waals surface area contributed by atoms with Crippen LogP contribution in [0.15, 0.2) is 54.0 Å². The molecule has 3 heterocycles. The molecule has 6 nitrogen and oxygen atoms in total. The first-order valence-electron chi connectivity index (χ1n) is 9.77. The van der Waals surface area contributed by atoms with Gasteiger partial charge >= 0.3 is 0 Å². The third-order valence-corrected chi connectivity index (χ3v) is 5.78. The van der Waals surface area contributed by atoms with Crippen LogP contribution in [0.4, 0.5) is 0 Å². The molecule has 29 heavy (non-hydrogen) atoms. The second-order valence-corrected chi connectivity index (χ2v) is 7.83. The van der Waals surface area contributed by atoms with Crippen LogP contribution in [-0.4, -0.2) is 47.1 Å². The van der Waals surface area contributed by atoms with Crippen LogP contribution in [0.2, 0.25) is 0 Å². The number of benzene rings is 1. The normalized spacial score (nSPS) is 14.6. The Morgan fingerprint density at radius 3 is 2.69 bits per heavy atom.